The van der Waals surface area contributed by atoms with Crippen molar-refractivity contribution < 1.29 is 0 Å². The van der Waals surface area contributed by atoms with Crippen LogP contribution in [0.5, 0.6) is 0 Å². The lowest BCUT2D eigenvalue weighted by Gasteiger charge is -2.38. The zero-order chi connectivity index (χ0) is 12.8. The molecular formula is C16H26N2. The van der Waals surface area contributed by atoms with Crippen LogP contribution in [0, 0.1) is 5.92 Å². The van der Waals surface area contributed by atoms with Gasteiger partial charge in [-0.1, -0.05) is 38.0 Å². The first-order valence-electron chi connectivity index (χ1n) is 7.33. The molecule has 0 saturated heterocycles. The largest absolute Gasteiger partial charge is 0.368 e. The maximum absolute atomic E-state index is 5.69. The van der Waals surface area contributed by atoms with Crippen molar-refractivity contribution in [2.24, 2.45) is 11.7 Å². The van der Waals surface area contributed by atoms with Crippen LogP contribution in [0.2, 0.25) is 0 Å². The van der Waals surface area contributed by atoms with Crippen molar-refractivity contribution in [1.29, 1.82) is 0 Å². The number of para-hydroxylation sites is 1. The zero-order valence-corrected chi connectivity index (χ0v) is 11.5. The van der Waals surface area contributed by atoms with Crippen LogP contribution in [-0.2, 0) is 0 Å². The second kappa shape index (κ2) is 6.79. The van der Waals surface area contributed by atoms with E-state index in [0.717, 1.165) is 25.4 Å². The molecule has 2 N–H and O–H groups in total. The fourth-order valence-electron chi connectivity index (χ4n) is 3.09. The Hall–Kier alpha value is -1.02. The van der Waals surface area contributed by atoms with Gasteiger partial charge < -0.3 is 10.6 Å². The minimum atomic E-state index is 0.711. The van der Waals surface area contributed by atoms with E-state index in [4.69, 9.17) is 5.73 Å². The standard InChI is InChI=1S/C16H26N2/c1-14-7-5-10-16(13-14)18(12-6-11-17)15-8-3-2-4-9-15/h2-4,8-9,14,16H,5-7,10-13,17H2,1H3. The molecule has 0 aliphatic heterocycles. The van der Waals surface area contributed by atoms with Gasteiger partial charge in [0.1, 0.15) is 0 Å². The monoisotopic (exact) mass is 246 g/mol. The van der Waals surface area contributed by atoms with Gasteiger partial charge >= 0.3 is 0 Å². The maximum atomic E-state index is 5.69. The van der Waals surface area contributed by atoms with Gasteiger partial charge in [-0.15, -0.1) is 0 Å². The quantitative estimate of drug-likeness (QED) is 0.862. The Bertz CT molecular complexity index is 336. The summed E-state index contributed by atoms with van der Waals surface area (Å²) < 4.78 is 0. The van der Waals surface area contributed by atoms with Gasteiger partial charge in [-0.3, -0.25) is 0 Å². The van der Waals surface area contributed by atoms with Gasteiger partial charge in [0.25, 0.3) is 0 Å². The molecule has 2 heteroatoms. The summed E-state index contributed by atoms with van der Waals surface area (Å²) in [6.07, 6.45) is 6.52. The van der Waals surface area contributed by atoms with Crippen molar-refractivity contribution in [3.05, 3.63) is 30.3 Å². The molecule has 0 aromatic heterocycles. The minimum Gasteiger partial charge on any atom is -0.368 e. The van der Waals surface area contributed by atoms with Crippen LogP contribution < -0.4 is 10.6 Å². The van der Waals surface area contributed by atoms with Gasteiger partial charge in [0.05, 0.1) is 0 Å². The molecule has 2 rings (SSSR count). The van der Waals surface area contributed by atoms with Gasteiger partial charge in [-0.05, 0) is 43.9 Å². The fourth-order valence-corrected chi connectivity index (χ4v) is 3.09. The Labute approximate surface area is 111 Å². The topological polar surface area (TPSA) is 29.3 Å². The molecule has 0 amide bonds. The lowest BCUT2D eigenvalue weighted by atomic mass is 9.86. The highest BCUT2D eigenvalue weighted by Gasteiger charge is 2.24. The summed E-state index contributed by atoms with van der Waals surface area (Å²) in [5.41, 5.74) is 7.05. The number of nitrogens with zero attached hydrogens (tertiary/aromatic N) is 1. The van der Waals surface area contributed by atoms with Gasteiger partial charge in [0.15, 0.2) is 0 Å². The highest BCUT2D eigenvalue weighted by atomic mass is 15.2. The van der Waals surface area contributed by atoms with Crippen LogP contribution in [0.15, 0.2) is 30.3 Å². The minimum absolute atomic E-state index is 0.711. The van der Waals surface area contributed by atoms with E-state index in [1.54, 1.807) is 0 Å². The fraction of sp³-hybridized carbons (Fsp3) is 0.625. The third-order valence-electron chi connectivity index (χ3n) is 4.04. The average molecular weight is 246 g/mol. The van der Waals surface area contributed by atoms with E-state index >= 15 is 0 Å². The zero-order valence-electron chi connectivity index (χ0n) is 11.5. The van der Waals surface area contributed by atoms with Gasteiger partial charge in [-0.2, -0.15) is 0 Å². The first-order chi connectivity index (χ1) is 8.81. The lowest BCUT2D eigenvalue weighted by Crippen LogP contribution is -2.39. The maximum Gasteiger partial charge on any atom is 0.0368 e. The molecule has 2 atom stereocenters. The predicted octanol–water partition coefficient (Wildman–Crippen LogP) is 3.42. The Morgan fingerprint density at radius 1 is 1.22 bits per heavy atom. The number of benzene rings is 1. The third-order valence-corrected chi connectivity index (χ3v) is 4.04. The first kappa shape index (κ1) is 13.4. The molecule has 2 nitrogen and oxygen atoms in total. The second-order valence-electron chi connectivity index (χ2n) is 5.60. The predicted molar refractivity (Wildman–Crippen MR) is 78.9 cm³/mol. The Morgan fingerprint density at radius 2 is 2.00 bits per heavy atom. The number of nitrogens with two attached hydrogens (primary N) is 1. The van der Waals surface area contributed by atoms with E-state index in [1.165, 1.54) is 31.4 Å². The van der Waals surface area contributed by atoms with Crippen molar-refractivity contribution in [3.63, 3.8) is 0 Å². The van der Waals surface area contributed by atoms with Crippen molar-refractivity contribution in [2.45, 2.75) is 45.1 Å². The number of hydrogen-bond acceptors (Lipinski definition) is 2. The average Bonchev–Trinajstić information content (AvgIpc) is 2.40. The molecule has 1 aromatic rings. The number of hydrogen-bond donors (Lipinski definition) is 1. The van der Waals surface area contributed by atoms with E-state index in [2.05, 4.69) is 42.2 Å². The first-order valence-corrected chi connectivity index (χ1v) is 7.33. The Morgan fingerprint density at radius 3 is 2.67 bits per heavy atom. The molecule has 18 heavy (non-hydrogen) atoms. The Kier molecular flexibility index (Phi) is 5.06. The molecule has 1 saturated carbocycles. The second-order valence-corrected chi connectivity index (χ2v) is 5.60. The van der Waals surface area contributed by atoms with E-state index < -0.39 is 0 Å². The van der Waals surface area contributed by atoms with Crippen LogP contribution in [0.25, 0.3) is 0 Å². The van der Waals surface area contributed by atoms with Gasteiger partial charge in [0, 0.05) is 18.3 Å². The third kappa shape index (κ3) is 3.49. The van der Waals surface area contributed by atoms with Crippen LogP contribution in [-0.4, -0.2) is 19.1 Å². The molecule has 1 fully saturated rings. The highest BCUT2D eigenvalue weighted by Crippen LogP contribution is 2.30. The molecule has 1 aromatic carbocycles. The van der Waals surface area contributed by atoms with Gasteiger partial charge in [0.2, 0.25) is 0 Å². The molecule has 100 valence electrons. The molecule has 0 radical (unpaired) electrons. The smallest absolute Gasteiger partial charge is 0.0368 e. The SMILES string of the molecule is CC1CCCC(N(CCCN)c2ccccc2)C1. The van der Waals surface area contributed by atoms with Crippen LogP contribution >= 0.6 is 0 Å². The molecule has 1 aliphatic rings. The molecule has 1 aliphatic carbocycles. The van der Waals surface area contributed by atoms with Crippen LogP contribution in [0.1, 0.15) is 39.0 Å². The molecule has 0 spiro atoms. The van der Waals surface area contributed by atoms with Crippen molar-refractivity contribution in [1.82, 2.24) is 0 Å². The van der Waals surface area contributed by atoms with Crippen molar-refractivity contribution >= 4 is 5.69 Å². The summed E-state index contributed by atoms with van der Waals surface area (Å²) in [5, 5.41) is 0. The van der Waals surface area contributed by atoms with Crippen molar-refractivity contribution in [2.75, 3.05) is 18.0 Å². The van der Waals surface area contributed by atoms with E-state index in [0.29, 0.717) is 6.04 Å². The van der Waals surface area contributed by atoms with Crippen LogP contribution in [0.3, 0.4) is 0 Å². The normalized spacial score (nSPS) is 23.9. The molecular weight excluding hydrogens is 220 g/mol. The summed E-state index contributed by atoms with van der Waals surface area (Å²) in [7, 11) is 0. The summed E-state index contributed by atoms with van der Waals surface area (Å²) in [4.78, 5) is 2.59. The van der Waals surface area contributed by atoms with Crippen LogP contribution in [0.4, 0.5) is 5.69 Å². The molecule has 0 heterocycles. The van der Waals surface area contributed by atoms with E-state index in [-0.39, 0.29) is 0 Å². The number of rotatable bonds is 5. The molecule has 2 unspecified atom stereocenters. The summed E-state index contributed by atoms with van der Waals surface area (Å²) in [6.45, 7) is 4.27. The number of anilines is 1. The van der Waals surface area contributed by atoms with E-state index in [1.807, 2.05) is 0 Å². The lowest BCUT2D eigenvalue weighted by molar-refractivity contribution is 0.329. The highest BCUT2D eigenvalue weighted by molar-refractivity contribution is 5.47. The Balaban J connectivity index is 2.09. The summed E-state index contributed by atoms with van der Waals surface area (Å²) in [5.74, 6) is 0.868. The molecule has 0 bridgehead atoms. The summed E-state index contributed by atoms with van der Waals surface area (Å²) in [6, 6.07) is 11.5. The summed E-state index contributed by atoms with van der Waals surface area (Å²) >= 11 is 0. The van der Waals surface area contributed by atoms with Crippen molar-refractivity contribution in [3.8, 4) is 0 Å². The van der Waals surface area contributed by atoms with E-state index in [9.17, 15) is 0 Å². The van der Waals surface area contributed by atoms with Gasteiger partial charge in [-0.25, -0.2) is 0 Å².